The molecule has 0 aliphatic heterocycles. The summed E-state index contributed by atoms with van der Waals surface area (Å²) in [4.78, 5) is -0.181. The molecule has 0 aliphatic rings. The third-order valence-corrected chi connectivity index (χ3v) is 5.07. The first-order valence-corrected chi connectivity index (χ1v) is 8.28. The molecular formula is C14H14Cl2N2O2S. The highest BCUT2D eigenvalue weighted by atomic mass is 35.5. The Balaban J connectivity index is 2.48. The van der Waals surface area contributed by atoms with Crippen molar-refractivity contribution in [3.63, 3.8) is 0 Å². The maximum absolute atomic E-state index is 12.5. The minimum Gasteiger partial charge on any atom is -0.399 e. The fourth-order valence-corrected chi connectivity index (χ4v) is 4.35. The summed E-state index contributed by atoms with van der Waals surface area (Å²) in [6.07, 6.45) is 0. The lowest BCUT2D eigenvalue weighted by Crippen LogP contribution is -2.14. The molecule has 2 aromatic carbocycles. The molecule has 7 heteroatoms. The van der Waals surface area contributed by atoms with Crippen molar-refractivity contribution in [1.82, 2.24) is 0 Å². The van der Waals surface area contributed by atoms with Gasteiger partial charge in [0.1, 0.15) is 4.90 Å². The Hall–Kier alpha value is -1.43. The number of nitrogens with one attached hydrogen (secondary N) is 1. The van der Waals surface area contributed by atoms with E-state index >= 15 is 0 Å². The number of hydrogen-bond acceptors (Lipinski definition) is 3. The normalized spacial score (nSPS) is 11.4. The van der Waals surface area contributed by atoms with Gasteiger partial charge in [0, 0.05) is 11.4 Å². The molecule has 3 N–H and O–H groups in total. The van der Waals surface area contributed by atoms with Gasteiger partial charge in [0.2, 0.25) is 0 Å². The Bertz CT molecular complexity index is 761. The summed E-state index contributed by atoms with van der Waals surface area (Å²) in [6, 6.07) is 8.10. The first kappa shape index (κ1) is 15.9. The maximum Gasteiger partial charge on any atom is 0.264 e. The predicted octanol–water partition coefficient (Wildman–Crippen LogP) is 3.99. The van der Waals surface area contributed by atoms with Crippen molar-refractivity contribution >= 4 is 44.6 Å². The zero-order chi connectivity index (χ0) is 15.8. The second kappa shape index (κ2) is 5.75. The van der Waals surface area contributed by atoms with E-state index in [0.29, 0.717) is 11.4 Å². The van der Waals surface area contributed by atoms with Crippen LogP contribution in [0.5, 0.6) is 0 Å². The van der Waals surface area contributed by atoms with Crippen LogP contribution in [-0.2, 0) is 10.0 Å². The van der Waals surface area contributed by atoms with Crippen LogP contribution in [0.3, 0.4) is 0 Å². The fourth-order valence-electron chi connectivity index (χ4n) is 2.08. The van der Waals surface area contributed by atoms with Crippen molar-refractivity contribution in [1.29, 1.82) is 0 Å². The average molecular weight is 345 g/mol. The standard InChI is InChI=1S/C14H14Cl2N2O2S/c1-8-3-9(2)5-11(4-8)18-21(19,20)14-12(15)6-10(17)7-13(14)16/h3-7,18H,17H2,1-2H3. The number of aryl methyl sites for hydroxylation is 2. The first-order chi connectivity index (χ1) is 9.69. The van der Waals surface area contributed by atoms with Crippen molar-refractivity contribution in [2.24, 2.45) is 0 Å². The van der Waals surface area contributed by atoms with Gasteiger partial charge in [-0.05, 0) is 49.2 Å². The summed E-state index contributed by atoms with van der Waals surface area (Å²) >= 11 is 11.9. The van der Waals surface area contributed by atoms with Gasteiger partial charge in [-0.3, -0.25) is 4.72 Å². The number of hydrogen-bond donors (Lipinski definition) is 2. The molecule has 0 spiro atoms. The SMILES string of the molecule is Cc1cc(C)cc(NS(=O)(=O)c2c(Cl)cc(N)cc2Cl)c1. The van der Waals surface area contributed by atoms with Crippen molar-refractivity contribution in [2.45, 2.75) is 18.7 Å². The number of anilines is 2. The van der Waals surface area contributed by atoms with Crippen molar-refractivity contribution in [3.8, 4) is 0 Å². The van der Waals surface area contributed by atoms with Crippen LogP contribution >= 0.6 is 23.2 Å². The molecule has 0 atom stereocenters. The van der Waals surface area contributed by atoms with Crippen LogP contribution in [0.1, 0.15) is 11.1 Å². The highest BCUT2D eigenvalue weighted by Crippen LogP contribution is 2.33. The molecular weight excluding hydrogens is 331 g/mol. The molecule has 2 rings (SSSR count). The summed E-state index contributed by atoms with van der Waals surface area (Å²) in [5.74, 6) is 0. The average Bonchev–Trinajstić information content (AvgIpc) is 2.23. The molecule has 0 unspecified atom stereocenters. The van der Waals surface area contributed by atoms with E-state index in [-0.39, 0.29) is 14.9 Å². The molecule has 0 fully saturated rings. The molecule has 112 valence electrons. The van der Waals surface area contributed by atoms with Gasteiger partial charge >= 0.3 is 0 Å². The summed E-state index contributed by atoms with van der Waals surface area (Å²) in [5, 5.41) is -0.0336. The Kier molecular flexibility index (Phi) is 4.37. The second-order valence-electron chi connectivity index (χ2n) is 4.80. The van der Waals surface area contributed by atoms with E-state index < -0.39 is 10.0 Å². The number of nitrogens with two attached hydrogens (primary N) is 1. The van der Waals surface area contributed by atoms with Gasteiger partial charge in [-0.25, -0.2) is 8.42 Å². The van der Waals surface area contributed by atoms with Gasteiger partial charge in [0.05, 0.1) is 10.0 Å². The summed E-state index contributed by atoms with van der Waals surface area (Å²) in [5.41, 5.74) is 8.23. The molecule has 2 aromatic rings. The topological polar surface area (TPSA) is 72.2 Å². The van der Waals surface area contributed by atoms with E-state index in [9.17, 15) is 8.42 Å². The lowest BCUT2D eigenvalue weighted by Gasteiger charge is -2.12. The van der Waals surface area contributed by atoms with Gasteiger partial charge in [-0.1, -0.05) is 29.3 Å². The lowest BCUT2D eigenvalue weighted by atomic mass is 10.1. The summed E-state index contributed by atoms with van der Waals surface area (Å²) in [7, 11) is -3.89. The monoisotopic (exact) mass is 344 g/mol. The molecule has 0 radical (unpaired) electrons. The quantitative estimate of drug-likeness (QED) is 0.826. The van der Waals surface area contributed by atoms with Crippen molar-refractivity contribution < 1.29 is 8.42 Å². The predicted molar refractivity (Wildman–Crippen MR) is 87.6 cm³/mol. The zero-order valence-corrected chi connectivity index (χ0v) is 13.8. The minimum absolute atomic E-state index is 0.0168. The maximum atomic E-state index is 12.5. The van der Waals surface area contributed by atoms with E-state index in [1.165, 1.54) is 12.1 Å². The Morgan fingerprint density at radius 2 is 1.43 bits per heavy atom. The van der Waals surface area contributed by atoms with Gasteiger partial charge in [-0.15, -0.1) is 0 Å². The minimum atomic E-state index is -3.89. The van der Waals surface area contributed by atoms with Gasteiger partial charge in [-0.2, -0.15) is 0 Å². The molecule has 0 aliphatic carbocycles. The first-order valence-electron chi connectivity index (χ1n) is 6.04. The number of benzene rings is 2. The summed E-state index contributed by atoms with van der Waals surface area (Å²) in [6.45, 7) is 3.77. The highest BCUT2D eigenvalue weighted by molar-refractivity contribution is 7.93. The Morgan fingerprint density at radius 1 is 0.952 bits per heavy atom. The third-order valence-electron chi connectivity index (χ3n) is 2.76. The van der Waals surface area contributed by atoms with Crippen LogP contribution in [0.25, 0.3) is 0 Å². The van der Waals surface area contributed by atoms with Crippen LogP contribution in [0.4, 0.5) is 11.4 Å². The van der Waals surface area contributed by atoms with Gasteiger partial charge in [0.25, 0.3) is 10.0 Å². The van der Waals surface area contributed by atoms with Crippen LogP contribution in [0.2, 0.25) is 10.0 Å². The number of nitrogen functional groups attached to an aromatic ring is 1. The Morgan fingerprint density at radius 3 is 1.90 bits per heavy atom. The number of halogens is 2. The highest BCUT2D eigenvalue weighted by Gasteiger charge is 2.22. The van der Waals surface area contributed by atoms with E-state index in [1.54, 1.807) is 12.1 Å². The molecule has 0 saturated carbocycles. The second-order valence-corrected chi connectivity index (χ2v) is 7.23. The summed E-state index contributed by atoms with van der Waals surface area (Å²) < 4.78 is 27.4. The van der Waals surface area contributed by atoms with Crippen LogP contribution < -0.4 is 10.5 Å². The number of rotatable bonds is 3. The molecule has 0 amide bonds. The van der Waals surface area contributed by atoms with E-state index in [2.05, 4.69) is 4.72 Å². The Labute approximate surface area is 133 Å². The lowest BCUT2D eigenvalue weighted by molar-refractivity contribution is 0.601. The van der Waals surface area contributed by atoms with E-state index in [4.69, 9.17) is 28.9 Å². The molecule has 4 nitrogen and oxygen atoms in total. The molecule has 0 heterocycles. The van der Waals surface area contributed by atoms with E-state index in [1.807, 2.05) is 19.9 Å². The molecule has 0 aromatic heterocycles. The van der Waals surface area contributed by atoms with E-state index in [0.717, 1.165) is 11.1 Å². The van der Waals surface area contributed by atoms with Crippen LogP contribution in [0, 0.1) is 13.8 Å². The van der Waals surface area contributed by atoms with Crippen molar-refractivity contribution in [3.05, 3.63) is 51.5 Å². The fraction of sp³-hybridized carbons (Fsp3) is 0.143. The largest absolute Gasteiger partial charge is 0.399 e. The van der Waals surface area contributed by atoms with Crippen LogP contribution in [0.15, 0.2) is 35.2 Å². The smallest absolute Gasteiger partial charge is 0.264 e. The van der Waals surface area contributed by atoms with Gasteiger partial charge < -0.3 is 5.73 Å². The zero-order valence-electron chi connectivity index (χ0n) is 11.4. The van der Waals surface area contributed by atoms with Gasteiger partial charge in [0.15, 0.2) is 0 Å². The van der Waals surface area contributed by atoms with Crippen molar-refractivity contribution in [2.75, 3.05) is 10.5 Å². The van der Waals surface area contributed by atoms with Crippen LogP contribution in [-0.4, -0.2) is 8.42 Å². The third kappa shape index (κ3) is 3.61. The molecule has 0 bridgehead atoms. The molecule has 21 heavy (non-hydrogen) atoms. The molecule has 0 saturated heterocycles. The number of sulfonamides is 1.